The summed E-state index contributed by atoms with van der Waals surface area (Å²) in [6, 6.07) is 7.03. The van der Waals surface area contributed by atoms with Crippen LogP contribution >= 0.6 is 0 Å². The van der Waals surface area contributed by atoms with E-state index in [0.717, 1.165) is 30.7 Å². The molecule has 1 aliphatic carbocycles. The van der Waals surface area contributed by atoms with Gasteiger partial charge in [-0.3, -0.25) is 0 Å². The maximum Gasteiger partial charge on any atom is 0.123 e. The summed E-state index contributed by atoms with van der Waals surface area (Å²) in [5, 5.41) is 3.32. The normalized spacial score (nSPS) is 28.3. The Morgan fingerprint density at radius 1 is 1.17 bits per heavy atom. The number of hydrogen-bond acceptors (Lipinski definition) is 1. The van der Waals surface area contributed by atoms with Crippen LogP contribution in [0.1, 0.15) is 31.7 Å². The van der Waals surface area contributed by atoms with Crippen molar-refractivity contribution in [3.8, 4) is 0 Å². The van der Waals surface area contributed by atoms with Gasteiger partial charge in [0.25, 0.3) is 0 Å². The quantitative estimate of drug-likeness (QED) is 0.859. The van der Waals surface area contributed by atoms with Gasteiger partial charge in [-0.05, 0) is 68.3 Å². The molecular formula is C16H24FN. The summed E-state index contributed by atoms with van der Waals surface area (Å²) in [4.78, 5) is 0. The van der Waals surface area contributed by atoms with E-state index >= 15 is 0 Å². The lowest BCUT2D eigenvalue weighted by Gasteiger charge is -2.35. The number of nitrogens with one attached hydrogen (secondary N) is 1. The maximum absolute atomic E-state index is 12.9. The van der Waals surface area contributed by atoms with Gasteiger partial charge in [-0.2, -0.15) is 0 Å². The Morgan fingerprint density at radius 3 is 2.56 bits per heavy atom. The van der Waals surface area contributed by atoms with Crippen molar-refractivity contribution in [3.05, 3.63) is 35.6 Å². The van der Waals surface area contributed by atoms with Gasteiger partial charge in [0.15, 0.2) is 0 Å². The molecule has 0 radical (unpaired) electrons. The van der Waals surface area contributed by atoms with Gasteiger partial charge in [0, 0.05) is 0 Å². The van der Waals surface area contributed by atoms with Crippen LogP contribution < -0.4 is 5.32 Å². The highest BCUT2D eigenvalue weighted by Crippen LogP contribution is 2.35. The molecule has 0 bridgehead atoms. The smallest absolute Gasteiger partial charge is 0.123 e. The lowest BCUT2D eigenvalue weighted by atomic mass is 9.72. The van der Waals surface area contributed by atoms with E-state index in [1.807, 2.05) is 19.2 Å². The molecule has 3 unspecified atom stereocenters. The first-order valence-electron chi connectivity index (χ1n) is 7.08. The van der Waals surface area contributed by atoms with Gasteiger partial charge in [-0.15, -0.1) is 0 Å². The van der Waals surface area contributed by atoms with Crippen molar-refractivity contribution < 1.29 is 4.39 Å². The van der Waals surface area contributed by atoms with E-state index in [0.29, 0.717) is 0 Å². The second-order valence-corrected chi connectivity index (χ2v) is 5.83. The molecule has 0 spiro atoms. The third-order valence-corrected chi connectivity index (χ3v) is 4.28. The van der Waals surface area contributed by atoms with Crippen molar-refractivity contribution >= 4 is 0 Å². The van der Waals surface area contributed by atoms with Crippen LogP contribution in [0.25, 0.3) is 0 Å². The Kier molecular flexibility index (Phi) is 4.76. The molecule has 0 aromatic heterocycles. The third-order valence-electron chi connectivity index (χ3n) is 4.28. The largest absolute Gasteiger partial charge is 0.319 e. The van der Waals surface area contributed by atoms with Crippen LogP contribution in [0.15, 0.2) is 24.3 Å². The van der Waals surface area contributed by atoms with Crippen LogP contribution in [0.5, 0.6) is 0 Å². The fourth-order valence-corrected chi connectivity index (χ4v) is 3.27. The highest BCUT2D eigenvalue weighted by Gasteiger charge is 2.28. The Labute approximate surface area is 110 Å². The van der Waals surface area contributed by atoms with Gasteiger partial charge in [0.2, 0.25) is 0 Å². The van der Waals surface area contributed by atoms with E-state index in [-0.39, 0.29) is 5.82 Å². The zero-order valence-corrected chi connectivity index (χ0v) is 11.5. The van der Waals surface area contributed by atoms with Crippen molar-refractivity contribution in [2.75, 3.05) is 13.6 Å². The molecule has 1 nitrogen and oxygen atoms in total. The van der Waals surface area contributed by atoms with E-state index in [2.05, 4.69) is 12.2 Å². The molecule has 1 aromatic carbocycles. The van der Waals surface area contributed by atoms with E-state index in [4.69, 9.17) is 0 Å². The summed E-state index contributed by atoms with van der Waals surface area (Å²) >= 11 is 0. The standard InChI is InChI=1S/C16H24FN/c1-12-3-6-14(11-18-2)15(9-12)10-13-4-7-16(17)8-5-13/h4-5,7-8,12,14-15,18H,3,6,9-11H2,1-2H3. The number of halogens is 1. The van der Waals surface area contributed by atoms with Crippen LogP contribution in [0, 0.1) is 23.6 Å². The van der Waals surface area contributed by atoms with Crippen molar-refractivity contribution in [1.82, 2.24) is 5.32 Å². The van der Waals surface area contributed by atoms with Crippen molar-refractivity contribution in [2.24, 2.45) is 17.8 Å². The zero-order valence-electron chi connectivity index (χ0n) is 11.5. The molecule has 1 aromatic rings. The molecule has 3 atom stereocenters. The molecule has 0 saturated heterocycles. The highest BCUT2D eigenvalue weighted by atomic mass is 19.1. The Bertz CT molecular complexity index is 360. The van der Waals surface area contributed by atoms with Gasteiger partial charge in [0.05, 0.1) is 0 Å². The fraction of sp³-hybridized carbons (Fsp3) is 0.625. The van der Waals surface area contributed by atoms with Gasteiger partial charge in [0.1, 0.15) is 5.82 Å². The monoisotopic (exact) mass is 249 g/mol. The van der Waals surface area contributed by atoms with Crippen LogP contribution in [0.4, 0.5) is 4.39 Å². The van der Waals surface area contributed by atoms with E-state index in [1.54, 1.807) is 12.1 Å². The first kappa shape index (κ1) is 13.5. The van der Waals surface area contributed by atoms with Crippen molar-refractivity contribution in [2.45, 2.75) is 32.6 Å². The fourth-order valence-electron chi connectivity index (χ4n) is 3.27. The Morgan fingerprint density at radius 2 is 1.89 bits per heavy atom. The molecule has 100 valence electrons. The molecule has 1 aliphatic rings. The van der Waals surface area contributed by atoms with Gasteiger partial charge >= 0.3 is 0 Å². The van der Waals surface area contributed by atoms with Crippen LogP contribution in [-0.2, 0) is 6.42 Å². The Hall–Kier alpha value is -0.890. The number of rotatable bonds is 4. The second-order valence-electron chi connectivity index (χ2n) is 5.83. The van der Waals surface area contributed by atoms with E-state index < -0.39 is 0 Å². The van der Waals surface area contributed by atoms with Crippen molar-refractivity contribution in [1.29, 1.82) is 0 Å². The zero-order chi connectivity index (χ0) is 13.0. The average molecular weight is 249 g/mol. The van der Waals surface area contributed by atoms with Crippen LogP contribution in [-0.4, -0.2) is 13.6 Å². The lowest BCUT2D eigenvalue weighted by Crippen LogP contribution is -2.32. The summed E-state index contributed by atoms with van der Waals surface area (Å²) in [5.41, 5.74) is 1.27. The summed E-state index contributed by atoms with van der Waals surface area (Å²) in [7, 11) is 2.03. The first-order valence-corrected chi connectivity index (χ1v) is 7.08. The summed E-state index contributed by atoms with van der Waals surface area (Å²) in [6.45, 7) is 3.46. The van der Waals surface area contributed by atoms with E-state index in [9.17, 15) is 4.39 Å². The third kappa shape index (κ3) is 3.55. The van der Waals surface area contributed by atoms with Gasteiger partial charge < -0.3 is 5.32 Å². The van der Waals surface area contributed by atoms with Crippen LogP contribution in [0.2, 0.25) is 0 Å². The van der Waals surface area contributed by atoms with Crippen molar-refractivity contribution in [3.63, 3.8) is 0 Å². The molecule has 0 amide bonds. The number of benzene rings is 1. The SMILES string of the molecule is CNCC1CCC(C)CC1Cc1ccc(F)cc1. The molecular weight excluding hydrogens is 225 g/mol. The predicted octanol–water partition coefficient (Wildman–Crippen LogP) is 3.64. The first-order chi connectivity index (χ1) is 8.69. The maximum atomic E-state index is 12.9. The molecule has 0 aliphatic heterocycles. The summed E-state index contributed by atoms with van der Waals surface area (Å²) < 4.78 is 12.9. The lowest BCUT2D eigenvalue weighted by molar-refractivity contribution is 0.186. The minimum Gasteiger partial charge on any atom is -0.319 e. The number of hydrogen-bond donors (Lipinski definition) is 1. The minimum atomic E-state index is -0.137. The summed E-state index contributed by atoms with van der Waals surface area (Å²) in [6.07, 6.45) is 5.08. The summed E-state index contributed by atoms with van der Waals surface area (Å²) in [5.74, 6) is 2.22. The molecule has 0 heterocycles. The molecule has 2 rings (SSSR count). The molecule has 1 saturated carbocycles. The molecule has 18 heavy (non-hydrogen) atoms. The average Bonchev–Trinajstić information content (AvgIpc) is 2.36. The van der Waals surface area contributed by atoms with Crippen LogP contribution in [0.3, 0.4) is 0 Å². The van der Waals surface area contributed by atoms with E-state index in [1.165, 1.54) is 24.8 Å². The molecule has 1 fully saturated rings. The van der Waals surface area contributed by atoms with Gasteiger partial charge in [-0.1, -0.05) is 25.5 Å². The topological polar surface area (TPSA) is 12.0 Å². The minimum absolute atomic E-state index is 0.137. The second kappa shape index (κ2) is 6.33. The molecule has 2 heteroatoms. The predicted molar refractivity (Wildman–Crippen MR) is 74.0 cm³/mol. The highest BCUT2D eigenvalue weighted by molar-refractivity contribution is 5.17. The Balaban J connectivity index is 2.01. The molecule has 1 N–H and O–H groups in total. The van der Waals surface area contributed by atoms with Gasteiger partial charge in [-0.25, -0.2) is 4.39 Å².